The highest BCUT2D eigenvalue weighted by atomic mass is 35.5. The smallest absolute Gasteiger partial charge is 0.406 e. The number of carboxylic acid groups (broad SMARTS) is 1. The lowest BCUT2D eigenvalue weighted by Gasteiger charge is -2.11. The third-order valence-corrected chi connectivity index (χ3v) is 3.91. The molecule has 1 amide bonds. The minimum Gasteiger partial charge on any atom is -0.465 e. The summed E-state index contributed by atoms with van der Waals surface area (Å²) < 4.78 is 23.8. The summed E-state index contributed by atoms with van der Waals surface area (Å²) in [6.45, 7) is 0. The molecule has 0 heterocycles. The highest BCUT2D eigenvalue weighted by molar-refractivity contribution is 7.92. The summed E-state index contributed by atoms with van der Waals surface area (Å²) in [4.78, 5) is 10.3. The fourth-order valence-electron chi connectivity index (χ4n) is 1.08. The first-order valence-corrected chi connectivity index (χ1v) is 6.25. The molecule has 0 radical (unpaired) electrons. The molecule has 0 fully saturated rings. The first-order chi connectivity index (χ1) is 7.87. The van der Waals surface area contributed by atoms with Crippen LogP contribution in [0.2, 0.25) is 5.02 Å². The molecule has 1 unspecified atom stereocenters. The number of sulfone groups is 1. The van der Waals surface area contributed by atoms with Crippen LogP contribution in [0.15, 0.2) is 29.2 Å². The maximum atomic E-state index is 11.9. The molecule has 1 rings (SSSR count). The van der Waals surface area contributed by atoms with Crippen LogP contribution in [0.5, 0.6) is 0 Å². The number of benzene rings is 1. The van der Waals surface area contributed by atoms with Crippen molar-refractivity contribution in [1.82, 2.24) is 5.32 Å². The van der Waals surface area contributed by atoms with Gasteiger partial charge in [0.25, 0.3) is 0 Å². The van der Waals surface area contributed by atoms with E-state index in [1.165, 1.54) is 24.3 Å². The maximum Gasteiger partial charge on any atom is 0.406 e. The lowest BCUT2D eigenvalue weighted by Crippen LogP contribution is -2.38. The minimum absolute atomic E-state index is 0.0985. The average molecular weight is 274 g/mol. The Labute approximate surface area is 103 Å². The van der Waals surface area contributed by atoms with Crippen LogP contribution in [-0.4, -0.2) is 25.0 Å². The van der Waals surface area contributed by atoms with Crippen molar-refractivity contribution in [2.45, 2.75) is 10.3 Å². The van der Waals surface area contributed by atoms with E-state index in [0.717, 1.165) is 0 Å². The molecule has 1 atom stereocenters. The summed E-state index contributed by atoms with van der Waals surface area (Å²) in [5.41, 5.74) is 0. The Morgan fingerprint density at radius 1 is 1.41 bits per heavy atom. The molecule has 2 N–H and O–H groups in total. The van der Waals surface area contributed by atoms with Gasteiger partial charge in [0.2, 0.25) is 9.84 Å². The molecule has 5 nitrogen and oxygen atoms in total. The Kier molecular flexibility index (Phi) is 3.99. The van der Waals surface area contributed by atoms with Crippen molar-refractivity contribution in [3.63, 3.8) is 0 Å². The van der Waals surface area contributed by atoms with Gasteiger partial charge in [-0.2, -0.15) is 0 Å². The predicted molar refractivity (Wildman–Crippen MR) is 62.4 cm³/mol. The molecule has 0 spiro atoms. The molecule has 17 heavy (non-hydrogen) atoms. The number of hydrogen-bond donors (Lipinski definition) is 2. The second-order valence-electron chi connectivity index (χ2n) is 3.00. The molecule has 0 aliphatic carbocycles. The molecule has 0 saturated heterocycles. The lowest BCUT2D eigenvalue weighted by atomic mass is 10.4. The van der Waals surface area contributed by atoms with E-state index in [2.05, 4.69) is 0 Å². The zero-order chi connectivity index (χ0) is 13.1. The number of nitrogens with one attached hydrogen (secondary N) is 1. The quantitative estimate of drug-likeness (QED) is 0.814. The zero-order valence-corrected chi connectivity index (χ0v) is 9.99. The summed E-state index contributed by atoms with van der Waals surface area (Å²) in [6, 6.07) is 5.27. The Hall–Kier alpha value is -1.71. The maximum absolute atomic E-state index is 11.9. The second-order valence-corrected chi connectivity index (χ2v) is 5.46. The summed E-state index contributed by atoms with van der Waals surface area (Å²) in [5.74, 6) is 1.87. The van der Waals surface area contributed by atoms with E-state index in [9.17, 15) is 13.2 Å². The molecule has 90 valence electrons. The van der Waals surface area contributed by atoms with Gasteiger partial charge in [0.05, 0.1) is 4.90 Å². The van der Waals surface area contributed by atoms with Gasteiger partial charge >= 0.3 is 6.09 Å². The van der Waals surface area contributed by atoms with Gasteiger partial charge in [0.1, 0.15) is 0 Å². The summed E-state index contributed by atoms with van der Waals surface area (Å²) in [5, 5.41) is 8.96. The van der Waals surface area contributed by atoms with Gasteiger partial charge in [-0.15, -0.1) is 6.42 Å². The molecule has 1 aromatic rings. The van der Waals surface area contributed by atoms with Crippen LogP contribution in [-0.2, 0) is 9.84 Å². The van der Waals surface area contributed by atoms with Gasteiger partial charge in [-0.1, -0.05) is 17.5 Å². The third kappa shape index (κ3) is 3.12. The normalized spacial score (nSPS) is 12.5. The number of amides is 1. The molecule has 0 aliphatic heterocycles. The number of terminal acetylenes is 1. The van der Waals surface area contributed by atoms with Gasteiger partial charge in [-0.25, -0.2) is 13.2 Å². The minimum atomic E-state index is -3.95. The molecule has 0 saturated carbocycles. The molecule has 1 aromatic carbocycles. The van der Waals surface area contributed by atoms with Crippen LogP contribution in [0.25, 0.3) is 0 Å². The fraction of sp³-hybridized carbons (Fsp3) is 0.100. The molecule has 0 aliphatic rings. The lowest BCUT2D eigenvalue weighted by molar-refractivity contribution is 0.194. The van der Waals surface area contributed by atoms with E-state index in [0.29, 0.717) is 5.02 Å². The number of rotatable bonds is 3. The fourth-order valence-corrected chi connectivity index (χ4v) is 2.43. The van der Waals surface area contributed by atoms with Gasteiger partial charge in [-0.3, -0.25) is 5.32 Å². The highest BCUT2D eigenvalue weighted by Crippen LogP contribution is 2.17. The highest BCUT2D eigenvalue weighted by Gasteiger charge is 2.27. The summed E-state index contributed by atoms with van der Waals surface area (Å²) in [6.07, 6.45) is 3.48. The van der Waals surface area contributed by atoms with E-state index in [1.54, 1.807) is 5.32 Å². The van der Waals surface area contributed by atoms with Crippen molar-refractivity contribution in [3.05, 3.63) is 29.3 Å². The molecule has 0 bridgehead atoms. The van der Waals surface area contributed by atoms with E-state index in [4.69, 9.17) is 23.1 Å². The SMILES string of the molecule is C#CC(NC(=O)O)S(=O)(=O)c1ccc(Cl)cc1. The number of halogens is 1. The van der Waals surface area contributed by atoms with E-state index < -0.39 is 21.3 Å². The van der Waals surface area contributed by atoms with Crippen molar-refractivity contribution in [2.24, 2.45) is 0 Å². The Bertz CT molecular complexity index is 559. The van der Waals surface area contributed by atoms with Crippen molar-refractivity contribution >= 4 is 27.5 Å². The molecule has 0 aromatic heterocycles. The van der Waals surface area contributed by atoms with E-state index in [-0.39, 0.29) is 4.90 Å². The van der Waals surface area contributed by atoms with Gasteiger partial charge in [-0.05, 0) is 24.3 Å². The van der Waals surface area contributed by atoms with Gasteiger partial charge < -0.3 is 5.11 Å². The number of hydrogen-bond acceptors (Lipinski definition) is 3. The second kappa shape index (κ2) is 5.08. The van der Waals surface area contributed by atoms with E-state index >= 15 is 0 Å². The Morgan fingerprint density at radius 3 is 2.35 bits per heavy atom. The first kappa shape index (κ1) is 13.4. The van der Waals surface area contributed by atoms with Crippen molar-refractivity contribution in [1.29, 1.82) is 0 Å². The Morgan fingerprint density at radius 2 is 1.94 bits per heavy atom. The van der Waals surface area contributed by atoms with Crippen LogP contribution in [0.3, 0.4) is 0 Å². The molecular weight excluding hydrogens is 266 g/mol. The standard InChI is InChI=1S/C10H8ClNO4S/c1-2-9(12-10(13)14)17(15,16)8-5-3-7(11)4-6-8/h1,3-6,9,12H,(H,13,14). The van der Waals surface area contributed by atoms with Gasteiger partial charge in [0, 0.05) is 5.02 Å². The number of carbonyl (C=O) groups is 1. The third-order valence-electron chi connectivity index (χ3n) is 1.86. The average Bonchev–Trinajstić information content (AvgIpc) is 2.26. The largest absolute Gasteiger partial charge is 0.465 e. The summed E-state index contributed by atoms with van der Waals surface area (Å²) in [7, 11) is -3.95. The first-order valence-electron chi connectivity index (χ1n) is 4.33. The summed E-state index contributed by atoms with van der Waals surface area (Å²) >= 11 is 5.61. The van der Waals surface area contributed by atoms with Crippen molar-refractivity contribution in [2.75, 3.05) is 0 Å². The van der Waals surface area contributed by atoms with Crippen LogP contribution in [0.1, 0.15) is 0 Å². The van der Waals surface area contributed by atoms with Crippen LogP contribution in [0, 0.1) is 12.3 Å². The Balaban J connectivity index is 3.14. The van der Waals surface area contributed by atoms with Crippen LogP contribution >= 0.6 is 11.6 Å². The van der Waals surface area contributed by atoms with Crippen molar-refractivity contribution in [3.8, 4) is 12.3 Å². The van der Waals surface area contributed by atoms with Crippen LogP contribution in [0.4, 0.5) is 4.79 Å². The van der Waals surface area contributed by atoms with Crippen molar-refractivity contribution < 1.29 is 18.3 Å². The van der Waals surface area contributed by atoms with Crippen LogP contribution < -0.4 is 5.32 Å². The molecule has 7 heteroatoms. The monoisotopic (exact) mass is 273 g/mol. The van der Waals surface area contributed by atoms with E-state index in [1.807, 2.05) is 5.92 Å². The predicted octanol–water partition coefficient (Wildman–Crippen LogP) is 1.34. The van der Waals surface area contributed by atoms with Gasteiger partial charge in [0.15, 0.2) is 5.37 Å². The topological polar surface area (TPSA) is 83.5 Å². The zero-order valence-electron chi connectivity index (χ0n) is 8.42. The molecular formula is C10H8ClNO4S.